The van der Waals surface area contributed by atoms with E-state index in [4.69, 9.17) is 5.11 Å². The second-order valence-electron chi connectivity index (χ2n) is 7.83. The largest absolute Gasteiger partial charge is 0.481 e. The molecular formula is C22H29N3O3. The lowest BCUT2D eigenvalue weighted by Gasteiger charge is -2.20. The van der Waals surface area contributed by atoms with Gasteiger partial charge in [-0.05, 0) is 75.3 Å². The first-order valence-electron chi connectivity index (χ1n) is 10.0. The molecule has 0 spiro atoms. The van der Waals surface area contributed by atoms with Crippen LogP contribution >= 0.6 is 0 Å². The summed E-state index contributed by atoms with van der Waals surface area (Å²) in [5.41, 5.74) is 4.34. The summed E-state index contributed by atoms with van der Waals surface area (Å²) in [7, 11) is 0. The summed E-state index contributed by atoms with van der Waals surface area (Å²) in [6.45, 7) is 7.76. The van der Waals surface area contributed by atoms with Crippen molar-refractivity contribution in [3.05, 3.63) is 46.8 Å². The van der Waals surface area contributed by atoms with Crippen LogP contribution in [0.2, 0.25) is 0 Å². The Morgan fingerprint density at radius 2 is 1.86 bits per heavy atom. The van der Waals surface area contributed by atoms with Crippen molar-refractivity contribution in [2.75, 3.05) is 13.1 Å². The van der Waals surface area contributed by atoms with Gasteiger partial charge in [0.15, 0.2) is 0 Å². The smallest absolute Gasteiger partial charge is 0.303 e. The van der Waals surface area contributed by atoms with Gasteiger partial charge < -0.3 is 10.0 Å². The van der Waals surface area contributed by atoms with E-state index in [-0.39, 0.29) is 12.3 Å². The number of nitrogens with zero attached hydrogens (tertiary/aromatic N) is 3. The summed E-state index contributed by atoms with van der Waals surface area (Å²) >= 11 is 0. The van der Waals surface area contributed by atoms with Crippen molar-refractivity contribution in [3.63, 3.8) is 0 Å². The predicted octanol–water partition coefficient (Wildman–Crippen LogP) is 3.77. The van der Waals surface area contributed by atoms with E-state index in [1.54, 1.807) is 0 Å². The molecular weight excluding hydrogens is 354 g/mol. The molecule has 0 aliphatic carbocycles. The molecule has 1 aromatic carbocycles. The Morgan fingerprint density at radius 3 is 2.54 bits per heavy atom. The molecule has 0 saturated carbocycles. The maximum absolute atomic E-state index is 12.8. The molecule has 2 aromatic rings. The minimum Gasteiger partial charge on any atom is -0.481 e. The molecule has 2 heterocycles. The van der Waals surface area contributed by atoms with E-state index < -0.39 is 5.97 Å². The Morgan fingerprint density at radius 1 is 1.14 bits per heavy atom. The minimum atomic E-state index is -0.808. The van der Waals surface area contributed by atoms with Gasteiger partial charge >= 0.3 is 5.97 Å². The second kappa shape index (κ2) is 8.59. The first-order valence-corrected chi connectivity index (χ1v) is 10.0. The summed E-state index contributed by atoms with van der Waals surface area (Å²) < 4.78 is 1.83. The number of carboxylic acids is 1. The Labute approximate surface area is 166 Å². The number of aromatic nitrogens is 2. The number of likely N-dealkylation sites (tertiary alicyclic amines) is 1. The predicted molar refractivity (Wildman–Crippen MR) is 108 cm³/mol. The molecule has 6 heteroatoms. The Kier molecular flexibility index (Phi) is 6.17. The van der Waals surface area contributed by atoms with E-state index in [1.165, 1.54) is 6.42 Å². The summed E-state index contributed by atoms with van der Waals surface area (Å²) in [5.74, 6) is -0.0324. The van der Waals surface area contributed by atoms with Crippen molar-refractivity contribution < 1.29 is 14.7 Å². The lowest BCUT2D eigenvalue weighted by atomic mass is 10.0. The van der Waals surface area contributed by atoms with E-state index in [1.807, 2.05) is 47.7 Å². The van der Waals surface area contributed by atoms with E-state index in [9.17, 15) is 9.59 Å². The van der Waals surface area contributed by atoms with Gasteiger partial charge in [-0.25, -0.2) is 4.68 Å². The van der Waals surface area contributed by atoms with Gasteiger partial charge in [0, 0.05) is 30.8 Å². The van der Waals surface area contributed by atoms with E-state index in [2.05, 4.69) is 12.0 Å². The van der Waals surface area contributed by atoms with E-state index in [0.717, 1.165) is 48.6 Å². The number of aliphatic carboxylic acids is 1. The Balaban J connectivity index is 1.76. The molecule has 6 nitrogen and oxygen atoms in total. The summed E-state index contributed by atoms with van der Waals surface area (Å²) in [4.78, 5) is 25.7. The first kappa shape index (κ1) is 20.1. The van der Waals surface area contributed by atoms with Gasteiger partial charge in [0.1, 0.15) is 0 Å². The van der Waals surface area contributed by atoms with Crippen LogP contribution < -0.4 is 0 Å². The Bertz CT molecular complexity index is 855. The highest BCUT2D eigenvalue weighted by atomic mass is 16.4. The van der Waals surface area contributed by atoms with Crippen molar-refractivity contribution >= 4 is 11.9 Å². The molecule has 1 fully saturated rings. The highest BCUT2D eigenvalue weighted by Gasteiger charge is 2.20. The number of carbonyl (C=O) groups is 2. The fraction of sp³-hybridized carbons (Fsp3) is 0.500. The number of carboxylic acid groups (broad SMARTS) is 1. The molecule has 0 bridgehead atoms. The third-order valence-corrected chi connectivity index (χ3v) is 5.69. The molecule has 150 valence electrons. The third-order valence-electron chi connectivity index (χ3n) is 5.69. The summed E-state index contributed by atoms with van der Waals surface area (Å²) in [6.07, 6.45) is 3.88. The van der Waals surface area contributed by atoms with Crippen molar-refractivity contribution in [2.45, 2.75) is 52.9 Å². The fourth-order valence-electron chi connectivity index (χ4n) is 3.91. The molecule has 1 saturated heterocycles. The first-order chi connectivity index (χ1) is 13.4. The van der Waals surface area contributed by atoms with E-state index >= 15 is 0 Å². The van der Waals surface area contributed by atoms with E-state index in [0.29, 0.717) is 17.9 Å². The highest BCUT2D eigenvalue weighted by Crippen LogP contribution is 2.21. The summed E-state index contributed by atoms with van der Waals surface area (Å²) in [5, 5.41) is 13.5. The molecule has 1 aliphatic heterocycles. The zero-order valence-electron chi connectivity index (χ0n) is 16.9. The lowest BCUT2D eigenvalue weighted by Crippen LogP contribution is -2.31. The fourth-order valence-corrected chi connectivity index (χ4v) is 3.91. The minimum absolute atomic E-state index is 0.0925. The molecule has 28 heavy (non-hydrogen) atoms. The molecule has 1 N–H and O–H groups in total. The van der Waals surface area contributed by atoms with Crippen molar-refractivity contribution in [1.82, 2.24) is 14.7 Å². The van der Waals surface area contributed by atoms with Crippen LogP contribution in [-0.4, -0.2) is 44.8 Å². The molecule has 1 aliphatic rings. The van der Waals surface area contributed by atoms with Crippen molar-refractivity contribution in [3.8, 4) is 5.69 Å². The van der Waals surface area contributed by atoms with Gasteiger partial charge in [-0.15, -0.1) is 0 Å². The summed E-state index contributed by atoms with van der Waals surface area (Å²) in [6, 6.07) is 7.54. The van der Waals surface area contributed by atoms with Crippen LogP contribution in [0.5, 0.6) is 0 Å². The number of carbonyl (C=O) groups excluding carboxylic acids is 1. The molecule has 3 rings (SSSR count). The zero-order chi connectivity index (χ0) is 20.3. The SMILES string of the molecule is Cc1nn(-c2ccc(C(=O)N3CCCC(C)CC3)cc2)c(C)c1CCC(=O)O. The molecule has 1 atom stereocenters. The highest BCUT2D eigenvalue weighted by molar-refractivity contribution is 5.94. The normalized spacial score (nSPS) is 17.4. The average molecular weight is 383 g/mol. The third kappa shape index (κ3) is 4.43. The van der Waals surface area contributed by atoms with Gasteiger partial charge in [0.2, 0.25) is 0 Å². The van der Waals surface area contributed by atoms with Crippen molar-refractivity contribution in [1.29, 1.82) is 0 Å². The number of amides is 1. The number of aryl methyl sites for hydroxylation is 1. The maximum atomic E-state index is 12.8. The van der Waals surface area contributed by atoms with Crippen molar-refractivity contribution in [2.24, 2.45) is 5.92 Å². The topological polar surface area (TPSA) is 75.4 Å². The van der Waals surface area contributed by atoms with Crippen LogP contribution in [0.4, 0.5) is 0 Å². The number of rotatable bonds is 5. The molecule has 0 radical (unpaired) electrons. The van der Waals surface area contributed by atoms with Crippen LogP contribution in [0.15, 0.2) is 24.3 Å². The molecule has 1 amide bonds. The van der Waals surface area contributed by atoms with Gasteiger partial charge in [-0.1, -0.05) is 6.92 Å². The number of hydrogen-bond donors (Lipinski definition) is 1. The molecule has 1 aromatic heterocycles. The molecule has 1 unspecified atom stereocenters. The van der Waals surface area contributed by atoms with Crippen LogP contribution in [0.25, 0.3) is 5.69 Å². The number of hydrogen-bond acceptors (Lipinski definition) is 3. The van der Waals surface area contributed by atoms with Crippen LogP contribution in [0, 0.1) is 19.8 Å². The number of benzene rings is 1. The van der Waals surface area contributed by atoms with Gasteiger partial charge in [-0.2, -0.15) is 5.10 Å². The maximum Gasteiger partial charge on any atom is 0.303 e. The van der Waals surface area contributed by atoms with Crippen LogP contribution in [0.3, 0.4) is 0 Å². The van der Waals surface area contributed by atoms with Crippen LogP contribution in [0.1, 0.15) is 59.9 Å². The standard InChI is InChI=1S/C22H29N3O3/c1-15-5-4-13-24(14-12-15)22(28)18-6-8-19(9-7-18)25-17(3)20(16(2)23-25)10-11-21(26)27/h6-9,15H,4-5,10-14H2,1-3H3,(H,26,27). The Hall–Kier alpha value is -2.63. The van der Waals surface area contributed by atoms with Gasteiger partial charge in [0.25, 0.3) is 5.91 Å². The average Bonchev–Trinajstić information content (AvgIpc) is 2.82. The second-order valence-corrected chi connectivity index (χ2v) is 7.83. The van der Waals surface area contributed by atoms with Crippen LogP contribution in [-0.2, 0) is 11.2 Å². The monoisotopic (exact) mass is 383 g/mol. The quantitative estimate of drug-likeness (QED) is 0.853. The zero-order valence-corrected chi connectivity index (χ0v) is 16.9. The lowest BCUT2D eigenvalue weighted by molar-refractivity contribution is -0.136. The van der Waals surface area contributed by atoms with Gasteiger partial charge in [0.05, 0.1) is 11.4 Å². The van der Waals surface area contributed by atoms with Gasteiger partial charge in [-0.3, -0.25) is 9.59 Å².